The first-order chi connectivity index (χ1) is 25.7. The van der Waals surface area contributed by atoms with Crippen molar-refractivity contribution >= 4 is 40.3 Å². The standard InChI is InChI=1S/C40H46N6O7/c41-35-5-1-2-6-36(35)43-39(49)8-4-3-7-38(48)42-31-15-13-30(14-16-31)40-52-34(25-37(53-40)29-11-9-28(27-47)10-12-29)26-44-21-23-45(24-22-44)32-17-19-33(20-18-32)46(50)51/h1-2,5-6,9-20,34,37,40,47H,3-4,7-8,21-27,41H2,(H,42,48)(H,43,49). The van der Waals surface area contributed by atoms with Crippen molar-refractivity contribution in [3.8, 4) is 0 Å². The number of nitro benzene ring substituents is 1. The van der Waals surface area contributed by atoms with Crippen LogP contribution in [0.5, 0.6) is 0 Å². The third-order valence-corrected chi connectivity index (χ3v) is 9.63. The molecule has 2 heterocycles. The lowest BCUT2D eigenvalue weighted by molar-refractivity contribution is -0.384. The van der Waals surface area contributed by atoms with E-state index in [2.05, 4.69) is 20.4 Å². The molecule has 0 bridgehead atoms. The zero-order chi connectivity index (χ0) is 37.2. The second-order valence-corrected chi connectivity index (χ2v) is 13.4. The number of nitrogens with zero attached hydrogens (tertiary/aromatic N) is 3. The highest BCUT2D eigenvalue weighted by Gasteiger charge is 2.34. The van der Waals surface area contributed by atoms with E-state index in [0.717, 1.165) is 55.1 Å². The van der Waals surface area contributed by atoms with E-state index in [-0.39, 0.29) is 47.7 Å². The number of hydrogen-bond acceptors (Lipinski definition) is 10. The lowest BCUT2D eigenvalue weighted by Gasteiger charge is -2.41. The maximum absolute atomic E-state index is 12.7. The van der Waals surface area contributed by atoms with Crippen LogP contribution in [0.1, 0.15) is 61.2 Å². The van der Waals surface area contributed by atoms with Gasteiger partial charge in [0.15, 0.2) is 6.29 Å². The molecule has 2 fully saturated rings. The Morgan fingerprint density at radius 2 is 1.45 bits per heavy atom. The van der Waals surface area contributed by atoms with Crippen LogP contribution in [-0.2, 0) is 25.7 Å². The average molecular weight is 723 g/mol. The predicted molar refractivity (Wildman–Crippen MR) is 203 cm³/mol. The van der Waals surface area contributed by atoms with Crippen LogP contribution in [0.4, 0.5) is 28.4 Å². The SMILES string of the molecule is Nc1ccccc1NC(=O)CCCCC(=O)Nc1ccc(C2OC(CN3CCN(c4ccc([N+](=O)[O-])cc4)CC3)CC(c3ccc(CO)cc3)O2)cc1. The van der Waals surface area contributed by atoms with E-state index in [4.69, 9.17) is 15.2 Å². The lowest BCUT2D eigenvalue weighted by atomic mass is 9.99. The molecular formula is C40H46N6O7. The van der Waals surface area contributed by atoms with Gasteiger partial charge in [0.1, 0.15) is 0 Å². The van der Waals surface area contributed by atoms with Crippen LogP contribution in [0.3, 0.4) is 0 Å². The van der Waals surface area contributed by atoms with Gasteiger partial charge in [0.05, 0.1) is 35.1 Å². The summed E-state index contributed by atoms with van der Waals surface area (Å²) in [5.74, 6) is -0.268. The Morgan fingerprint density at radius 1 is 0.811 bits per heavy atom. The van der Waals surface area contributed by atoms with Gasteiger partial charge in [-0.3, -0.25) is 24.6 Å². The Labute approximate surface area is 308 Å². The van der Waals surface area contributed by atoms with E-state index in [1.54, 1.807) is 42.5 Å². The van der Waals surface area contributed by atoms with Gasteiger partial charge in [-0.25, -0.2) is 0 Å². The Hall–Kier alpha value is -5.34. The Kier molecular flexibility index (Phi) is 12.7. The van der Waals surface area contributed by atoms with Crippen molar-refractivity contribution in [2.45, 2.75) is 57.2 Å². The molecular weight excluding hydrogens is 676 g/mol. The quantitative estimate of drug-likeness (QED) is 0.0510. The van der Waals surface area contributed by atoms with Crippen molar-refractivity contribution < 1.29 is 29.1 Å². The molecule has 2 aliphatic heterocycles. The lowest BCUT2D eigenvalue weighted by Crippen LogP contribution is -2.49. The Morgan fingerprint density at radius 3 is 2.09 bits per heavy atom. The highest BCUT2D eigenvalue weighted by atomic mass is 16.7. The molecule has 0 spiro atoms. The highest BCUT2D eigenvalue weighted by Crippen LogP contribution is 2.38. The molecule has 0 radical (unpaired) electrons. The van der Waals surface area contributed by atoms with Crippen LogP contribution < -0.4 is 21.3 Å². The minimum atomic E-state index is -0.625. The van der Waals surface area contributed by atoms with Gasteiger partial charge in [-0.05, 0) is 60.4 Å². The maximum atomic E-state index is 12.7. The summed E-state index contributed by atoms with van der Waals surface area (Å²) in [5, 5.41) is 26.4. The number of nitrogens with one attached hydrogen (secondary N) is 2. The molecule has 0 saturated carbocycles. The summed E-state index contributed by atoms with van der Waals surface area (Å²) in [6.07, 6.45) is 1.42. The number of anilines is 4. The molecule has 4 aromatic carbocycles. The molecule has 2 amide bonds. The summed E-state index contributed by atoms with van der Waals surface area (Å²) in [6, 6.07) is 29.1. The number of nitrogens with two attached hydrogens (primary N) is 1. The van der Waals surface area contributed by atoms with Crippen molar-refractivity contribution in [2.75, 3.05) is 54.0 Å². The molecule has 13 heteroatoms. The van der Waals surface area contributed by atoms with Crippen LogP contribution in [0.25, 0.3) is 0 Å². The normalized spacial score (nSPS) is 19.0. The number of carbonyl (C=O) groups excluding carboxylic acids is 2. The van der Waals surface area contributed by atoms with E-state index in [9.17, 15) is 24.8 Å². The number of aliphatic hydroxyl groups excluding tert-OH is 1. The third-order valence-electron chi connectivity index (χ3n) is 9.63. The van der Waals surface area contributed by atoms with Crippen molar-refractivity contribution in [1.82, 2.24) is 4.90 Å². The number of nitro groups is 1. The Bertz CT molecular complexity index is 1830. The molecule has 3 atom stereocenters. The number of nitrogen functional groups attached to an aromatic ring is 1. The van der Waals surface area contributed by atoms with Gasteiger partial charge in [0.25, 0.3) is 5.69 Å². The van der Waals surface area contributed by atoms with E-state index in [1.165, 1.54) is 0 Å². The number of amides is 2. The molecule has 4 aromatic rings. The number of para-hydroxylation sites is 2. The average Bonchev–Trinajstić information content (AvgIpc) is 3.18. The summed E-state index contributed by atoms with van der Waals surface area (Å²) in [5.41, 5.74) is 11.4. The number of carbonyl (C=O) groups is 2. The topological polar surface area (TPSA) is 173 Å². The number of aliphatic hydroxyl groups is 1. The molecule has 2 aliphatic rings. The van der Waals surface area contributed by atoms with Crippen molar-refractivity contribution in [3.05, 3.63) is 124 Å². The monoisotopic (exact) mass is 722 g/mol. The molecule has 0 aromatic heterocycles. The number of benzene rings is 4. The van der Waals surface area contributed by atoms with Crippen LogP contribution in [0.2, 0.25) is 0 Å². The molecule has 5 N–H and O–H groups in total. The number of rotatable bonds is 14. The third kappa shape index (κ3) is 10.4. The number of hydrogen-bond donors (Lipinski definition) is 4. The van der Waals surface area contributed by atoms with Gasteiger partial charge in [-0.15, -0.1) is 0 Å². The fourth-order valence-corrected chi connectivity index (χ4v) is 6.64. The largest absolute Gasteiger partial charge is 0.397 e. The van der Waals surface area contributed by atoms with Gasteiger partial charge in [0, 0.05) is 81.1 Å². The Balaban J connectivity index is 1.02. The van der Waals surface area contributed by atoms with Gasteiger partial charge in [0.2, 0.25) is 11.8 Å². The number of ether oxygens (including phenoxy) is 2. The van der Waals surface area contributed by atoms with Crippen LogP contribution in [0, 0.1) is 10.1 Å². The van der Waals surface area contributed by atoms with Gasteiger partial charge in [-0.1, -0.05) is 48.5 Å². The highest BCUT2D eigenvalue weighted by molar-refractivity contribution is 5.94. The molecule has 0 aliphatic carbocycles. The molecule has 6 rings (SSSR count). The van der Waals surface area contributed by atoms with E-state index >= 15 is 0 Å². The zero-order valence-electron chi connectivity index (χ0n) is 29.6. The van der Waals surface area contributed by atoms with Gasteiger partial charge in [-0.2, -0.15) is 0 Å². The number of non-ortho nitro benzene ring substituents is 1. The van der Waals surface area contributed by atoms with Crippen LogP contribution in [0.15, 0.2) is 97.1 Å². The summed E-state index contributed by atoms with van der Waals surface area (Å²) >= 11 is 0. The fraction of sp³-hybridized carbons (Fsp3) is 0.350. The molecule has 3 unspecified atom stereocenters. The minimum absolute atomic E-state index is 0.0310. The first-order valence-corrected chi connectivity index (χ1v) is 18.0. The molecule has 53 heavy (non-hydrogen) atoms. The van der Waals surface area contributed by atoms with E-state index < -0.39 is 6.29 Å². The summed E-state index contributed by atoms with van der Waals surface area (Å²) in [7, 11) is 0. The number of unbranched alkanes of at least 4 members (excludes halogenated alkanes) is 1. The van der Waals surface area contributed by atoms with Crippen molar-refractivity contribution in [3.63, 3.8) is 0 Å². The van der Waals surface area contributed by atoms with Gasteiger partial charge < -0.3 is 35.8 Å². The smallest absolute Gasteiger partial charge is 0.269 e. The predicted octanol–water partition coefficient (Wildman–Crippen LogP) is 6.17. The van der Waals surface area contributed by atoms with Crippen LogP contribution in [-0.4, -0.2) is 65.6 Å². The van der Waals surface area contributed by atoms with Gasteiger partial charge >= 0.3 is 0 Å². The number of piperazine rings is 1. The molecule has 278 valence electrons. The van der Waals surface area contributed by atoms with Crippen molar-refractivity contribution in [1.29, 1.82) is 0 Å². The van der Waals surface area contributed by atoms with E-state index in [1.807, 2.05) is 54.6 Å². The summed E-state index contributed by atoms with van der Waals surface area (Å²) < 4.78 is 13.1. The second kappa shape index (κ2) is 17.9. The zero-order valence-corrected chi connectivity index (χ0v) is 29.6. The maximum Gasteiger partial charge on any atom is 0.269 e. The molecule has 2 saturated heterocycles. The van der Waals surface area contributed by atoms with Crippen molar-refractivity contribution in [2.24, 2.45) is 0 Å². The first-order valence-electron chi connectivity index (χ1n) is 18.0. The molecule has 13 nitrogen and oxygen atoms in total. The van der Waals surface area contributed by atoms with E-state index in [0.29, 0.717) is 42.7 Å². The first kappa shape index (κ1) is 37.4. The minimum Gasteiger partial charge on any atom is -0.397 e. The fourth-order valence-electron chi connectivity index (χ4n) is 6.64. The van der Waals surface area contributed by atoms with Crippen LogP contribution >= 0.6 is 0 Å². The summed E-state index contributed by atoms with van der Waals surface area (Å²) in [4.78, 5) is 40.2. The summed E-state index contributed by atoms with van der Waals surface area (Å²) in [6.45, 7) is 3.92. The second-order valence-electron chi connectivity index (χ2n) is 13.4.